The van der Waals surface area contributed by atoms with E-state index in [1.165, 1.54) is 19.2 Å². The molecule has 1 aliphatic rings. The first-order valence-electron chi connectivity index (χ1n) is 13.2. The molecular weight excluding hydrogens is 513 g/mol. The molecule has 0 unspecified atom stereocenters. The van der Waals surface area contributed by atoms with E-state index in [1.807, 2.05) is 39.8 Å². The second-order valence-corrected chi connectivity index (χ2v) is 9.12. The van der Waals surface area contributed by atoms with Crippen molar-refractivity contribution in [2.45, 2.75) is 72.4 Å². The summed E-state index contributed by atoms with van der Waals surface area (Å²) >= 11 is 0. The molecule has 212 valence electrons. The number of amides is 1. The predicted octanol–water partition coefficient (Wildman–Crippen LogP) is 6.60. The third kappa shape index (κ3) is 6.72. The lowest BCUT2D eigenvalue weighted by molar-refractivity contribution is -0.141. The first-order valence-corrected chi connectivity index (χ1v) is 13.2. The highest BCUT2D eigenvalue weighted by Crippen LogP contribution is 2.38. The van der Waals surface area contributed by atoms with Crippen molar-refractivity contribution < 1.29 is 36.8 Å². The lowest BCUT2D eigenvalue weighted by atomic mass is 9.94. The van der Waals surface area contributed by atoms with Crippen LogP contribution in [0.1, 0.15) is 68.0 Å². The van der Waals surface area contributed by atoms with Crippen LogP contribution in [0, 0.1) is 6.92 Å². The fraction of sp³-hybridized carbons (Fsp3) is 0.483. The van der Waals surface area contributed by atoms with E-state index in [2.05, 4.69) is 5.16 Å². The fourth-order valence-electron chi connectivity index (χ4n) is 4.86. The number of fused-ring (bicyclic) bond motifs is 2. The van der Waals surface area contributed by atoms with Crippen LogP contribution in [0.3, 0.4) is 0 Å². The molecule has 2 heterocycles. The highest BCUT2D eigenvalue weighted by atomic mass is 19.4. The summed E-state index contributed by atoms with van der Waals surface area (Å²) in [6, 6.07) is 6.70. The summed E-state index contributed by atoms with van der Waals surface area (Å²) in [4.78, 5) is 26.2. The number of halogens is 3. The van der Waals surface area contributed by atoms with Crippen LogP contribution in [0.4, 0.5) is 18.9 Å². The van der Waals surface area contributed by atoms with Gasteiger partial charge in [0.25, 0.3) is 0 Å². The summed E-state index contributed by atoms with van der Waals surface area (Å²) in [6.07, 6.45) is -1.77. The lowest BCUT2D eigenvalue weighted by Crippen LogP contribution is -2.37. The number of esters is 1. The van der Waals surface area contributed by atoms with Gasteiger partial charge in [0.05, 0.1) is 25.5 Å². The molecule has 3 aromatic rings. The molecule has 7 nitrogen and oxygen atoms in total. The van der Waals surface area contributed by atoms with Crippen LogP contribution in [0.2, 0.25) is 0 Å². The Labute approximate surface area is 226 Å². The maximum atomic E-state index is 13.2. The minimum Gasteiger partial charge on any atom is -0.493 e. The van der Waals surface area contributed by atoms with Crippen molar-refractivity contribution in [3.8, 4) is 5.75 Å². The molecule has 0 aliphatic carbocycles. The number of benzene rings is 2. The van der Waals surface area contributed by atoms with Crippen molar-refractivity contribution in [1.29, 1.82) is 0 Å². The van der Waals surface area contributed by atoms with E-state index in [-0.39, 0.29) is 35.9 Å². The number of nitrogens with zero attached hydrogens (tertiary/aromatic N) is 2. The first-order chi connectivity index (χ1) is 18.6. The summed E-state index contributed by atoms with van der Waals surface area (Å²) in [5.41, 5.74) is 3.23. The van der Waals surface area contributed by atoms with Gasteiger partial charge in [-0.25, -0.2) is 0 Å². The number of methoxy groups -OCH3 is 1. The Balaban J connectivity index is 0.00000205. The van der Waals surface area contributed by atoms with Crippen molar-refractivity contribution in [1.82, 2.24) is 5.16 Å². The van der Waals surface area contributed by atoms with Gasteiger partial charge in [-0.2, -0.15) is 13.2 Å². The highest BCUT2D eigenvalue weighted by molar-refractivity contribution is 5.97. The Hall–Kier alpha value is -3.56. The molecule has 0 atom stereocenters. The van der Waals surface area contributed by atoms with E-state index in [1.54, 1.807) is 4.90 Å². The molecule has 0 N–H and O–H groups in total. The minimum absolute atomic E-state index is 0.0192. The molecule has 4 rings (SSSR count). The van der Waals surface area contributed by atoms with Crippen molar-refractivity contribution in [2.75, 3.05) is 25.2 Å². The second-order valence-electron chi connectivity index (χ2n) is 9.12. The highest BCUT2D eigenvalue weighted by Gasteiger charge is 2.37. The zero-order chi connectivity index (χ0) is 28.7. The van der Waals surface area contributed by atoms with Gasteiger partial charge in [0.15, 0.2) is 11.3 Å². The molecule has 39 heavy (non-hydrogen) atoms. The number of aryl methyl sites for hydroxylation is 3. The zero-order valence-electron chi connectivity index (χ0n) is 23.0. The molecule has 10 heteroatoms. The van der Waals surface area contributed by atoms with Crippen LogP contribution >= 0.6 is 0 Å². The summed E-state index contributed by atoms with van der Waals surface area (Å²) < 4.78 is 55.5. The normalized spacial score (nSPS) is 13.1. The molecule has 0 bridgehead atoms. The number of aromatic nitrogens is 1. The smallest absolute Gasteiger partial charge is 0.437 e. The Kier molecular flexibility index (Phi) is 9.99. The summed E-state index contributed by atoms with van der Waals surface area (Å²) in [7, 11) is 1.35. The number of alkyl halides is 3. The Bertz CT molecular complexity index is 1320. The first kappa shape index (κ1) is 30.0. The van der Waals surface area contributed by atoms with Crippen molar-refractivity contribution in [3.63, 3.8) is 0 Å². The van der Waals surface area contributed by atoms with Crippen molar-refractivity contribution in [2.24, 2.45) is 0 Å². The lowest BCUT2D eigenvalue weighted by Gasteiger charge is -2.31. The molecule has 1 aromatic heterocycles. The number of hydrogen-bond donors (Lipinski definition) is 0. The largest absolute Gasteiger partial charge is 0.493 e. The third-order valence-corrected chi connectivity index (χ3v) is 6.45. The molecular formula is C29H35F3N2O5. The summed E-state index contributed by atoms with van der Waals surface area (Å²) in [5.74, 6) is 0.153. The average Bonchev–Trinajstić information content (AvgIpc) is 3.35. The van der Waals surface area contributed by atoms with Gasteiger partial charge in [-0.05, 0) is 55.0 Å². The van der Waals surface area contributed by atoms with Crippen LogP contribution in [0.25, 0.3) is 11.0 Å². The monoisotopic (exact) mass is 548 g/mol. The van der Waals surface area contributed by atoms with E-state index < -0.39 is 11.9 Å². The van der Waals surface area contributed by atoms with Crippen molar-refractivity contribution in [3.05, 3.63) is 52.2 Å². The maximum Gasteiger partial charge on any atom is 0.437 e. The molecule has 0 saturated carbocycles. The fourth-order valence-corrected chi connectivity index (χ4v) is 4.86. The molecule has 0 fully saturated rings. The number of anilines is 1. The van der Waals surface area contributed by atoms with Crippen LogP contribution in [0.5, 0.6) is 5.75 Å². The van der Waals surface area contributed by atoms with Crippen LogP contribution in [-0.2, 0) is 39.8 Å². The van der Waals surface area contributed by atoms with E-state index in [4.69, 9.17) is 14.0 Å². The average molecular weight is 549 g/mol. The number of ether oxygens (including phenoxy) is 2. The number of carbonyl (C=O) groups excluding carboxylic acids is 2. The van der Waals surface area contributed by atoms with Gasteiger partial charge in [0.2, 0.25) is 5.91 Å². The molecule has 1 amide bonds. The molecule has 0 radical (unpaired) electrons. The van der Waals surface area contributed by atoms with E-state index >= 15 is 0 Å². The van der Waals surface area contributed by atoms with Crippen molar-refractivity contribution >= 4 is 28.5 Å². The van der Waals surface area contributed by atoms with Gasteiger partial charge < -0.3 is 18.9 Å². The van der Waals surface area contributed by atoms with Crippen LogP contribution in [0.15, 0.2) is 28.8 Å². The maximum absolute atomic E-state index is 13.2. The van der Waals surface area contributed by atoms with E-state index in [0.717, 1.165) is 22.4 Å². The van der Waals surface area contributed by atoms with Gasteiger partial charge in [0, 0.05) is 24.2 Å². The van der Waals surface area contributed by atoms with E-state index in [9.17, 15) is 22.8 Å². The number of rotatable bonds is 9. The zero-order valence-corrected chi connectivity index (χ0v) is 23.0. The number of carbonyl (C=O) groups is 2. The molecule has 1 aliphatic heterocycles. The Morgan fingerprint density at radius 3 is 2.59 bits per heavy atom. The quantitative estimate of drug-likeness (QED) is 0.221. The Morgan fingerprint density at radius 1 is 1.18 bits per heavy atom. The standard InChI is InChI=1S/C27H29F3N2O5.C2H6/c1-4-6-19-21(9-8-20-25(19)37-31-26(20)27(28,29)30)36-12-5-11-32-22(33)10-7-18-14-17(15-23(34)35-3)13-16(2)24(18)32;1-2/h8-9,13-14H,4-7,10-12,15H2,1-3H3;1-2H3. The summed E-state index contributed by atoms with van der Waals surface area (Å²) in [5, 5.41) is 3.16. The SMILES string of the molecule is CC.CCCc1c(OCCCN2C(=O)CCc3cc(CC(=O)OC)cc(C)c32)ccc2c(C(F)(F)F)noc12. The van der Waals surface area contributed by atoms with Gasteiger partial charge in [-0.1, -0.05) is 44.5 Å². The van der Waals surface area contributed by atoms with Crippen LogP contribution < -0.4 is 9.64 Å². The molecule has 2 aromatic carbocycles. The summed E-state index contributed by atoms with van der Waals surface area (Å²) in [6.45, 7) is 8.53. The van der Waals surface area contributed by atoms with Gasteiger partial charge in [-0.15, -0.1) is 0 Å². The second kappa shape index (κ2) is 13.0. The van der Waals surface area contributed by atoms with E-state index in [0.29, 0.717) is 50.0 Å². The van der Waals surface area contributed by atoms with Gasteiger partial charge >= 0.3 is 12.1 Å². The van der Waals surface area contributed by atoms with Gasteiger partial charge in [-0.3, -0.25) is 9.59 Å². The third-order valence-electron chi connectivity index (χ3n) is 6.45. The minimum atomic E-state index is -4.60. The Morgan fingerprint density at radius 2 is 1.92 bits per heavy atom. The predicted molar refractivity (Wildman–Crippen MR) is 142 cm³/mol. The van der Waals surface area contributed by atoms with Crippen LogP contribution in [-0.4, -0.2) is 37.3 Å². The topological polar surface area (TPSA) is 81.9 Å². The van der Waals surface area contributed by atoms with Gasteiger partial charge in [0.1, 0.15) is 5.75 Å². The molecule has 0 spiro atoms. The number of hydrogen-bond acceptors (Lipinski definition) is 6. The molecule has 0 saturated heterocycles.